The molecule has 0 N–H and O–H groups in total. The zero-order valence-corrected chi connectivity index (χ0v) is 18.6. The number of fused-ring (bicyclic) bond motifs is 3. The van der Waals surface area contributed by atoms with E-state index >= 15 is 0 Å². The quantitative estimate of drug-likeness (QED) is 0.187. The van der Waals surface area contributed by atoms with E-state index in [4.69, 9.17) is 4.98 Å². The summed E-state index contributed by atoms with van der Waals surface area (Å²) in [4.78, 5) is 17.6. The van der Waals surface area contributed by atoms with E-state index in [0.29, 0.717) is 32.7 Å². The smallest absolute Gasteiger partial charge is 0.173 e. The highest BCUT2D eigenvalue weighted by molar-refractivity contribution is 8.00. The largest absolute Gasteiger partial charge is 0.293 e. The second kappa shape index (κ2) is 8.81. The monoisotopic (exact) mass is 446 g/mol. The fourth-order valence-corrected chi connectivity index (χ4v) is 4.64. The summed E-state index contributed by atoms with van der Waals surface area (Å²) in [5.74, 6) is 0.169. The van der Waals surface area contributed by atoms with E-state index in [1.165, 1.54) is 11.8 Å². The van der Waals surface area contributed by atoms with Crippen molar-refractivity contribution in [3.8, 4) is 17.2 Å². The molecular formula is C27H18N4OS. The Morgan fingerprint density at radius 3 is 2.39 bits per heavy atom. The van der Waals surface area contributed by atoms with Crippen LogP contribution in [0.1, 0.15) is 21.5 Å². The van der Waals surface area contributed by atoms with Crippen LogP contribution in [0, 0.1) is 18.3 Å². The van der Waals surface area contributed by atoms with Crippen molar-refractivity contribution in [3.63, 3.8) is 0 Å². The Hall–Kier alpha value is -4.08. The van der Waals surface area contributed by atoms with Gasteiger partial charge in [0.1, 0.15) is 22.1 Å². The van der Waals surface area contributed by atoms with Gasteiger partial charge < -0.3 is 0 Å². The van der Waals surface area contributed by atoms with Crippen LogP contribution in [0.25, 0.3) is 33.1 Å². The van der Waals surface area contributed by atoms with Crippen molar-refractivity contribution < 1.29 is 4.79 Å². The lowest BCUT2D eigenvalue weighted by Gasteiger charge is -2.13. The van der Waals surface area contributed by atoms with Crippen molar-refractivity contribution in [1.82, 2.24) is 15.2 Å². The molecular weight excluding hydrogens is 428 g/mol. The fraction of sp³-hybridized carbons (Fsp3) is 0.0741. The molecule has 0 atom stereocenters. The SMILES string of the molecule is Cc1ccc(-c2c(C#N)c(SCC(=O)c3ccccc3)nc3c2nnc2ccccc23)cc1. The number of pyridine rings is 1. The van der Waals surface area contributed by atoms with Gasteiger partial charge in [-0.05, 0) is 18.6 Å². The molecule has 0 saturated heterocycles. The van der Waals surface area contributed by atoms with E-state index in [9.17, 15) is 10.1 Å². The van der Waals surface area contributed by atoms with Crippen molar-refractivity contribution in [2.75, 3.05) is 5.75 Å². The van der Waals surface area contributed by atoms with E-state index in [1.54, 1.807) is 12.1 Å². The standard InChI is InChI=1S/C27H18N4OS/c1-17-11-13-19(14-12-17)24-21(15-28)27(33-16-23(32)18-7-3-2-4-8-18)29-25-20-9-5-6-10-22(20)30-31-26(24)25/h2-14H,16H2,1H3. The lowest BCUT2D eigenvalue weighted by Crippen LogP contribution is -2.04. The summed E-state index contributed by atoms with van der Waals surface area (Å²) in [5, 5.41) is 20.3. The van der Waals surface area contributed by atoms with E-state index in [-0.39, 0.29) is 11.5 Å². The third kappa shape index (κ3) is 3.95. The Bertz CT molecular complexity index is 1540. The molecule has 0 aliphatic carbocycles. The van der Waals surface area contributed by atoms with Crippen LogP contribution in [0.5, 0.6) is 0 Å². The Labute approximate surface area is 195 Å². The minimum absolute atomic E-state index is 0.0130. The van der Waals surface area contributed by atoms with Crippen molar-refractivity contribution in [3.05, 3.63) is 95.6 Å². The summed E-state index contributed by atoms with van der Waals surface area (Å²) >= 11 is 1.28. The van der Waals surface area contributed by atoms with E-state index in [0.717, 1.165) is 22.0 Å². The van der Waals surface area contributed by atoms with Gasteiger partial charge in [-0.15, -0.1) is 10.2 Å². The molecule has 0 saturated carbocycles. The molecule has 0 unspecified atom stereocenters. The molecule has 3 aromatic carbocycles. The van der Waals surface area contributed by atoms with Crippen LogP contribution in [0.15, 0.2) is 83.9 Å². The van der Waals surface area contributed by atoms with Crippen LogP contribution in [-0.4, -0.2) is 26.7 Å². The van der Waals surface area contributed by atoms with Crippen molar-refractivity contribution in [2.45, 2.75) is 11.9 Å². The molecule has 5 nitrogen and oxygen atoms in total. The van der Waals surface area contributed by atoms with Gasteiger partial charge in [0.15, 0.2) is 5.78 Å². The van der Waals surface area contributed by atoms with Gasteiger partial charge in [-0.3, -0.25) is 4.79 Å². The summed E-state index contributed by atoms with van der Waals surface area (Å²) in [7, 11) is 0. The first kappa shape index (κ1) is 20.8. The number of rotatable bonds is 5. The van der Waals surface area contributed by atoms with Gasteiger partial charge in [0.25, 0.3) is 0 Å². The molecule has 2 aromatic heterocycles. The number of hydrogen-bond acceptors (Lipinski definition) is 6. The summed E-state index contributed by atoms with van der Waals surface area (Å²) in [6.07, 6.45) is 0. The van der Waals surface area contributed by atoms with Crippen LogP contribution in [0.3, 0.4) is 0 Å². The average molecular weight is 447 g/mol. The summed E-state index contributed by atoms with van der Waals surface area (Å²) in [5.41, 5.74) is 5.70. The predicted octanol–water partition coefficient (Wildman–Crippen LogP) is 6.00. The summed E-state index contributed by atoms with van der Waals surface area (Å²) in [6.45, 7) is 2.02. The van der Waals surface area contributed by atoms with Crippen molar-refractivity contribution in [2.24, 2.45) is 0 Å². The van der Waals surface area contributed by atoms with E-state index in [1.807, 2.05) is 73.7 Å². The van der Waals surface area contributed by atoms with Gasteiger partial charge in [-0.1, -0.05) is 90.1 Å². The molecule has 6 heteroatoms. The van der Waals surface area contributed by atoms with Gasteiger partial charge in [-0.2, -0.15) is 5.26 Å². The molecule has 0 amide bonds. The number of ketones is 1. The molecule has 5 aromatic rings. The van der Waals surface area contributed by atoms with E-state index < -0.39 is 0 Å². The first-order valence-electron chi connectivity index (χ1n) is 10.4. The molecule has 0 aliphatic heterocycles. The molecule has 33 heavy (non-hydrogen) atoms. The molecule has 0 spiro atoms. The topological polar surface area (TPSA) is 79.5 Å². The third-order valence-electron chi connectivity index (χ3n) is 5.44. The normalized spacial score (nSPS) is 10.9. The van der Waals surface area contributed by atoms with Crippen LogP contribution in [-0.2, 0) is 0 Å². The lowest BCUT2D eigenvalue weighted by atomic mass is 9.98. The molecule has 2 heterocycles. The molecule has 0 bridgehead atoms. The average Bonchev–Trinajstić information content (AvgIpc) is 2.87. The van der Waals surface area contributed by atoms with Crippen LogP contribution in [0.2, 0.25) is 0 Å². The second-order valence-electron chi connectivity index (χ2n) is 7.64. The highest BCUT2D eigenvalue weighted by Gasteiger charge is 2.21. The Balaban J connectivity index is 1.71. The number of aryl methyl sites for hydroxylation is 1. The number of nitriles is 1. The second-order valence-corrected chi connectivity index (χ2v) is 8.60. The van der Waals surface area contributed by atoms with Crippen LogP contribution >= 0.6 is 11.8 Å². The van der Waals surface area contributed by atoms with Gasteiger partial charge >= 0.3 is 0 Å². The maximum atomic E-state index is 12.7. The lowest BCUT2D eigenvalue weighted by molar-refractivity contribution is 0.102. The Kier molecular flexibility index (Phi) is 5.55. The van der Waals surface area contributed by atoms with Gasteiger partial charge in [0.2, 0.25) is 0 Å². The van der Waals surface area contributed by atoms with E-state index in [2.05, 4.69) is 16.3 Å². The zero-order chi connectivity index (χ0) is 22.8. The predicted molar refractivity (Wildman–Crippen MR) is 131 cm³/mol. The number of carbonyl (C=O) groups excluding carboxylic acids is 1. The van der Waals surface area contributed by atoms with Crippen molar-refractivity contribution in [1.29, 1.82) is 5.26 Å². The fourth-order valence-electron chi connectivity index (χ4n) is 3.75. The number of thioether (sulfide) groups is 1. The number of hydrogen-bond donors (Lipinski definition) is 0. The molecule has 0 radical (unpaired) electrons. The molecule has 0 fully saturated rings. The Morgan fingerprint density at radius 2 is 1.64 bits per heavy atom. The van der Waals surface area contributed by atoms with Gasteiger partial charge in [-0.25, -0.2) is 4.98 Å². The summed E-state index contributed by atoms with van der Waals surface area (Å²) in [6, 6.07) is 27.1. The first-order valence-corrected chi connectivity index (χ1v) is 11.4. The molecule has 158 valence electrons. The summed E-state index contributed by atoms with van der Waals surface area (Å²) < 4.78 is 0. The Morgan fingerprint density at radius 1 is 0.909 bits per heavy atom. The van der Waals surface area contributed by atoms with Gasteiger partial charge in [0, 0.05) is 16.5 Å². The zero-order valence-electron chi connectivity index (χ0n) is 17.8. The van der Waals surface area contributed by atoms with Crippen LogP contribution < -0.4 is 0 Å². The number of Topliss-reactive ketones (excluding diaryl/α,β-unsaturated/α-hetero) is 1. The number of aromatic nitrogens is 3. The first-order chi connectivity index (χ1) is 16.2. The minimum atomic E-state index is -0.0130. The highest BCUT2D eigenvalue weighted by atomic mass is 32.2. The van der Waals surface area contributed by atoms with Crippen LogP contribution in [0.4, 0.5) is 0 Å². The van der Waals surface area contributed by atoms with Crippen molar-refractivity contribution >= 4 is 39.5 Å². The third-order valence-corrected chi connectivity index (χ3v) is 6.42. The number of carbonyl (C=O) groups is 1. The molecule has 5 rings (SSSR count). The number of nitrogens with zero attached hydrogens (tertiary/aromatic N) is 4. The molecule has 0 aliphatic rings. The highest BCUT2D eigenvalue weighted by Crippen LogP contribution is 2.37. The van der Waals surface area contributed by atoms with Gasteiger partial charge in [0.05, 0.1) is 16.8 Å². The minimum Gasteiger partial charge on any atom is -0.293 e. The number of benzene rings is 3. The maximum absolute atomic E-state index is 12.7. The maximum Gasteiger partial charge on any atom is 0.173 e.